The molecule has 3 N–H and O–H groups in total. The van der Waals surface area contributed by atoms with E-state index in [4.69, 9.17) is 9.47 Å². The van der Waals surface area contributed by atoms with Gasteiger partial charge in [-0.15, -0.1) is 0 Å². The summed E-state index contributed by atoms with van der Waals surface area (Å²) in [6.07, 6.45) is 0. The van der Waals surface area contributed by atoms with Crippen molar-refractivity contribution in [1.82, 2.24) is 0 Å². The van der Waals surface area contributed by atoms with Crippen molar-refractivity contribution in [2.24, 2.45) is 0 Å². The summed E-state index contributed by atoms with van der Waals surface area (Å²) in [7, 11) is 0. The van der Waals surface area contributed by atoms with Crippen LogP contribution in [0.1, 0.15) is 17.3 Å². The predicted molar refractivity (Wildman–Crippen MR) is 127 cm³/mol. The van der Waals surface area contributed by atoms with Crippen LogP contribution >= 0.6 is 0 Å². The Morgan fingerprint density at radius 1 is 0.771 bits per heavy atom. The number of hydrogen-bond acceptors (Lipinski definition) is 6. The first kappa shape index (κ1) is 24.9. The smallest absolute Gasteiger partial charge is 0.342 e. The molecule has 35 heavy (non-hydrogen) atoms. The average molecular weight is 479 g/mol. The third-order valence-corrected chi connectivity index (χ3v) is 4.41. The molecule has 0 unspecified atom stereocenters. The average Bonchev–Trinajstić information content (AvgIpc) is 2.83. The van der Waals surface area contributed by atoms with Crippen molar-refractivity contribution in [3.05, 3.63) is 84.2 Å². The maximum absolute atomic E-state index is 13.7. The van der Waals surface area contributed by atoms with E-state index in [0.717, 1.165) is 0 Å². The Labute approximate surface area is 200 Å². The molecule has 0 radical (unpaired) electrons. The molecule has 0 saturated carbocycles. The van der Waals surface area contributed by atoms with E-state index in [1.807, 2.05) is 0 Å². The van der Waals surface area contributed by atoms with Gasteiger partial charge in [0.15, 0.2) is 13.2 Å². The Morgan fingerprint density at radius 3 is 2.17 bits per heavy atom. The Balaban J connectivity index is 1.53. The Morgan fingerprint density at radius 2 is 1.43 bits per heavy atom. The van der Waals surface area contributed by atoms with Crippen molar-refractivity contribution in [3.8, 4) is 5.75 Å². The van der Waals surface area contributed by atoms with E-state index in [1.54, 1.807) is 42.5 Å². The van der Waals surface area contributed by atoms with Crippen LogP contribution < -0.4 is 20.7 Å². The van der Waals surface area contributed by atoms with Crippen LogP contribution in [0.2, 0.25) is 0 Å². The molecule has 3 aromatic rings. The minimum absolute atomic E-state index is 0.00224. The number of nitrogens with one attached hydrogen (secondary N) is 3. The third kappa shape index (κ3) is 7.67. The second kappa shape index (κ2) is 11.9. The van der Waals surface area contributed by atoms with Crippen molar-refractivity contribution in [3.63, 3.8) is 0 Å². The standard InChI is InChI=1S/C25H22FN3O6/c1-16(30)27-17-7-6-8-18(13-17)28-23(31)15-35-25(33)19-9-2-5-12-22(19)34-14-24(32)29-21-11-4-3-10-20(21)26/h2-13H,14-15H2,1H3,(H,27,30)(H,28,31)(H,29,32). The summed E-state index contributed by atoms with van der Waals surface area (Å²) in [6, 6.07) is 18.2. The van der Waals surface area contributed by atoms with Crippen LogP contribution in [0.3, 0.4) is 0 Å². The number of ether oxygens (including phenoxy) is 2. The van der Waals surface area contributed by atoms with Crippen LogP contribution in [0.4, 0.5) is 21.5 Å². The van der Waals surface area contributed by atoms with Gasteiger partial charge >= 0.3 is 5.97 Å². The fraction of sp³-hybridized carbons (Fsp3) is 0.120. The second-order valence-electron chi connectivity index (χ2n) is 7.20. The summed E-state index contributed by atoms with van der Waals surface area (Å²) >= 11 is 0. The van der Waals surface area contributed by atoms with Gasteiger partial charge in [0.2, 0.25) is 5.91 Å². The number of para-hydroxylation sites is 2. The first-order chi connectivity index (χ1) is 16.8. The van der Waals surface area contributed by atoms with Gasteiger partial charge in [-0.3, -0.25) is 14.4 Å². The number of carbonyl (C=O) groups is 4. The number of anilines is 3. The molecule has 9 nitrogen and oxygen atoms in total. The van der Waals surface area contributed by atoms with Gasteiger partial charge in [-0.2, -0.15) is 0 Å². The summed E-state index contributed by atoms with van der Waals surface area (Å²) in [5, 5.41) is 7.53. The Bertz CT molecular complexity index is 1250. The Kier molecular flexibility index (Phi) is 8.49. The first-order valence-corrected chi connectivity index (χ1v) is 10.4. The SMILES string of the molecule is CC(=O)Nc1cccc(NC(=O)COC(=O)c2ccccc2OCC(=O)Nc2ccccc2F)c1. The van der Waals surface area contributed by atoms with Gasteiger partial charge in [0, 0.05) is 18.3 Å². The number of hydrogen-bond donors (Lipinski definition) is 3. The summed E-state index contributed by atoms with van der Waals surface area (Å²) < 4.78 is 24.1. The van der Waals surface area contributed by atoms with Crippen LogP contribution in [-0.4, -0.2) is 36.9 Å². The number of halogens is 1. The van der Waals surface area contributed by atoms with Gasteiger partial charge in [-0.1, -0.05) is 30.3 Å². The van der Waals surface area contributed by atoms with E-state index in [1.165, 1.54) is 37.3 Å². The van der Waals surface area contributed by atoms with Gasteiger partial charge in [0.1, 0.15) is 17.1 Å². The zero-order valence-corrected chi connectivity index (χ0v) is 18.7. The van der Waals surface area contributed by atoms with Crippen molar-refractivity contribution in [1.29, 1.82) is 0 Å². The highest BCUT2D eigenvalue weighted by Gasteiger charge is 2.17. The third-order valence-electron chi connectivity index (χ3n) is 4.41. The van der Waals surface area contributed by atoms with E-state index in [9.17, 15) is 23.6 Å². The zero-order chi connectivity index (χ0) is 25.2. The maximum Gasteiger partial charge on any atom is 0.342 e. The highest BCUT2D eigenvalue weighted by atomic mass is 19.1. The van der Waals surface area contributed by atoms with Crippen molar-refractivity contribution < 1.29 is 33.0 Å². The van der Waals surface area contributed by atoms with E-state index < -0.39 is 36.8 Å². The molecule has 0 saturated heterocycles. The molecule has 0 aliphatic heterocycles. The van der Waals surface area contributed by atoms with Crippen molar-refractivity contribution in [2.75, 3.05) is 29.2 Å². The van der Waals surface area contributed by atoms with Gasteiger partial charge in [-0.05, 0) is 42.5 Å². The lowest BCUT2D eigenvalue weighted by atomic mass is 10.2. The van der Waals surface area contributed by atoms with Gasteiger partial charge < -0.3 is 25.4 Å². The van der Waals surface area contributed by atoms with E-state index in [-0.39, 0.29) is 22.9 Å². The normalized spacial score (nSPS) is 10.1. The zero-order valence-electron chi connectivity index (χ0n) is 18.7. The largest absolute Gasteiger partial charge is 0.483 e. The van der Waals surface area contributed by atoms with Crippen LogP contribution in [0.25, 0.3) is 0 Å². The monoisotopic (exact) mass is 479 g/mol. The molecule has 0 spiro atoms. The summed E-state index contributed by atoms with van der Waals surface area (Å²) in [6.45, 7) is 0.302. The molecule has 0 aromatic heterocycles. The number of rotatable bonds is 9. The molecule has 180 valence electrons. The van der Waals surface area contributed by atoms with E-state index >= 15 is 0 Å². The van der Waals surface area contributed by atoms with Gasteiger partial charge in [-0.25, -0.2) is 9.18 Å². The van der Waals surface area contributed by atoms with Crippen molar-refractivity contribution >= 4 is 40.8 Å². The van der Waals surface area contributed by atoms with Gasteiger partial charge in [0.05, 0.1) is 5.69 Å². The highest BCUT2D eigenvalue weighted by molar-refractivity contribution is 5.98. The molecule has 3 amide bonds. The minimum Gasteiger partial charge on any atom is -0.483 e. The van der Waals surface area contributed by atoms with E-state index in [2.05, 4.69) is 16.0 Å². The molecular weight excluding hydrogens is 457 g/mol. The Hall–Kier alpha value is -4.73. The number of esters is 1. The molecule has 0 aliphatic rings. The van der Waals surface area contributed by atoms with Gasteiger partial charge in [0.25, 0.3) is 11.8 Å². The summed E-state index contributed by atoms with van der Waals surface area (Å²) in [4.78, 5) is 47.9. The number of amides is 3. The fourth-order valence-electron chi connectivity index (χ4n) is 2.94. The molecule has 0 fully saturated rings. The van der Waals surface area contributed by atoms with Crippen LogP contribution in [0, 0.1) is 5.82 Å². The maximum atomic E-state index is 13.7. The molecule has 0 bridgehead atoms. The lowest BCUT2D eigenvalue weighted by Gasteiger charge is -2.12. The molecular formula is C25H22FN3O6. The molecule has 0 heterocycles. The summed E-state index contributed by atoms with van der Waals surface area (Å²) in [5.74, 6) is -2.85. The highest BCUT2D eigenvalue weighted by Crippen LogP contribution is 2.20. The lowest BCUT2D eigenvalue weighted by molar-refractivity contribution is -0.119. The minimum atomic E-state index is -0.836. The topological polar surface area (TPSA) is 123 Å². The van der Waals surface area contributed by atoms with Crippen LogP contribution in [0.15, 0.2) is 72.8 Å². The number of carbonyl (C=O) groups excluding carboxylic acids is 4. The molecule has 10 heteroatoms. The van der Waals surface area contributed by atoms with Crippen LogP contribution in [-0.2, 0) is 19.1 Å². The fourth-order valence-corrected chi connectivity index (χ4v) is 2.94. The summed E-state index contributed by atoms with van der Waals surface area (Å²) in [5.41, 5.74) is 0.911. The molecule has 3 aromatic carbocycles. The van der Waals surface area contributed by atoms with Crippen LogP contribution in [0.5, 0.6) is 5.75 Å². The quantitative estimate of drug-likeness (QED) is 0.403. The van der Waals surface area contributed by atoms with Crippen molar-refractivity contribution in [2.45, 2.75) is 6.92 Å². The molecule has 3 rings (SSSR count). The first-order valence-electron chi connectivity index (χ1n) is 10.4. The van der Waals surface area contributed by atoms with E-state index in [0.29, 0.717) is 11.4 Å². The number of benzene rings is 3. The predicted octanol–water partition coefficient (Wildman–Crippen LogP) is 3.60. The molecule has 0 atom stereocenters. The molecule has 0 aliphatic carbocycles. The second-order valence-corrected chi connectivity index (χ2v) is 7.20. The lowest BCUT2D eigenvalue weighted by Crippen LogP contribution is -2.23.